The molecule has 1 atom stereocenters. The van der Waals surface area contributed by atoms with Gasteiger partial charge in [0.2, 0.25) is 11.8 Å². The molecular formula is C21H21N3O2. The van der Waals surface area contributed by atoms with Crippen LogP contribution < -0.4 is 10.6 Å². The van der Waals surface area contributed by atoms with Gasteiger partial charge in [-0.1, -0.05) is 36.4 Å². The maximum Gasteiger partial charge on any atom is 0.231 e. The van der Waals surface area contributed by atoms with Crippen molar-refractivity contribution >= 4 is 28.4 Å². The van der Waals surface area contributed by atoms with Crippen molar-refractivity contribution in [3.63, 3.8) is 0 Å². The number of nitrogens with zero attached hydrogens (tertiary/aromatic N) is 1. The second-order valence-corrected chi connectivity index (χ2v) is 6.89. The molecule has 1 unspecified atom stereocenters. The lowest BCUT2D eigenvalue weighted by atomic mass is 9.91. The van der Waals surface area contributed by atoms with Crippen molar-refractivity contribution in [3.8, 4) is 0 Å². The molecule has 1 aromatic heterocycles. The van der Waals surface area contributed by atoms with Crippen molar-refractivity contribution in [2.75, 3.05) is 11.4 Å². The van der Waals surface area contributed by atoms with Gasteiger partial charge in [0.25, 0.3) is 0 Å². The molecule has 2 aromatic carbocycles. The summed E-state index contributed by atoms with van der Waals surface area (Å²) in [5.41, 5.74) is 10.4. The van der Waals surface area contributed by atoms with Crippen molar-refractivity contribution in [2.24, 2.45) is 11.7 Å². The van der Waals surface area contributed by atoms with Crippen LogP contribution in [0.25, 0.3) is 10.9 Å². The van der Waals surface area contributed by atoms with Gasteiger partial charge in [0.05, 0.1) is 12.3 Å². The largest absolute Gasteiger partial charge is 0.369 e. The molecule has 0 spiro atoms. The number of nitrogens with one attached hydrogen (secondary N) is 1. The van der Waals surface area contributed by atoms with Gasteiger partial charge in [0.1, 0.15) is 0 Å². The second kappa shape index (κ2) is 6.33. The van der Waals surface area contributed by atoms with E-state index in [0.717, 1.165) is 33.4 Å². The molecule has 0 aliphatic carbocycles. The number of benzene rings is 2. The number of carbonyl (C=O) groups is 2. The summed E-state index contributed by atoms with van der Waals surface area (Å²) < 4.78 is 0. The van der Waals surface area contributed by atoms with E-state index in [-0.39, 0.29) is 24.2 Å². The number of anilines is 1. The van der Waals surface area contributed by atoms with Crippen LogP contribution in [-0.2, 0) is 22.4 Å². The molecule has 5 nitrogen and oxygen atoms in total. The summed E-state index contributed by atoms with van der Waals surface area (Å²) in [6.45, 7) is 2.32. The number of carbonyl (C=O) groups excluding carboxylic acids is 2. The number of para-hydroxylation sites is 2. The predicted molar refractivity (Wildman–Crippen MR) is 102 cm³/mol. The first-order valence-corrected chi connectivity index (χ1v) is 8.78. The summed E-state index contributed by atoms with van der Waals surface area (Å²) in [7, 11) is 0. The molecule has 1 aliphatic rings. The summed E-state index contributed by atoms with van der Waals surface area (Å²) in [6.07, 6.45) is 0.872. The van der Waals surface area contributed by atoms with Crippen LogP contribution in [0.4, 0.5) is 5.69 Å². The maximum absolute atomic E-state index is 13.2. The number of amides is 2. The zero-order valence-corrected chi connectivity index (χ0v) is 14.7. The minimum atomic E-state index is -0.361. The van der Waals surface area contributed by atoms with E-state index >= 15 is 0 Å². The zero-order chi connectivity index (χ0) is 18.3. The van der Waals surface area contributed by atoms with Gasteiger partial charge >= 0.3 is 0 Å². The highest BCUT2D eigenvalue weighted by Crippen LogP contribution is 2.31. The van der Waals surface area contributed by atoms with Crippen LogP contribution >= 0.6 is 0 Å². The fraction of sp³-hybridized carbons (Fsp3) is 0.238. The normalized spacial score (nSPS) is 16.5. The van der Waals surface area contributed by atoms with Gasteiger partial charge in [-0.05, 0) is 36.6 Å². The first-order valence-electron chi connectivity index (χ1n) is 8.78. The molecule has 0 saturated heterocycles. The number of fused-ring (bicyclic) bond motifs is 2. The van der Waals surface area contributed by atoms with E-state index in [1.54, 1.807) is 4.90 Å². The minimum Gasteiger partial charge on any atom is -0.369 e. The van der Waals surface area contributed by atoms with Crippen LogP contribution in [0.2, 0.25) is 0 Å². The Labute approximate surface area is 151 Å². The van der Waals surface area contributed by atoms with E-state index in [4.69, 9.17) is 5.73 Å². The van der Waals surface area contributed by atoms with Crippen molar-refractivity contribution in [3.05, 3.63) is 65.4 Å². The third kappa shape index (κ3) is 2.75. The Bertz CT molecular complexity index is 1010. The Hall–Kier alpha value is -3.08. The number of aryl methyl sites for hydroxylation is 1. The van der Waals surface area contributed by atoms with Crippen LogP contribution in [0, 0.1) is 12.8 Å². The zero-order valence-electron chi connectivity index (χ0n) is 14.7. The molecule has 26 heavy (non-hydrogen) atoms. The monoisotopic (exact) mass is 347 g/mol. The summed E-state index contributed by atoms with van der Waals surface area (Å²) in [6, 6.07) is 15.7. The quantitative estimate of drug-likeness (QED) is 0.764. The van der Waals surface area contributed by atoms with Crippen molar-refractivity contribution < 1.29 is 9.59 Å². The maximum atomic E-state index is 13.2. The van der Waals surface area contributed by atoms with Gasteiger partial charge in [0, 0.05) is 28.8 Å². The summed E-state index contributed by atoms with van der Waals surface area (Å²) in [4.78, 5) is 30.0. The van der Waals surface area contributed by atoms with Gasteiger partial charge in [-0.15, -0.1) is 0 Å². The molecule has 2 amide bonds. The lowest BCUT2D eigenvalue weighted by molar-refractivity contribution is -0.122. The minimum absolute atomic E-state index is 0.0174. The Morgan fingerprint density at radius 2 is 1.88 bits per heavy atom. The van der Waals surface area contributed by atoms with Gasteiger partial charge in [-0.25, -0.2) is 0 Å². The average molecular weight is 347 g/mol. The van der Waals surface area contributed by atoms with Crippen molar-refractivity contribution in [1.82, 2.24) is 4.98 Å². The lowest BCUT2D eigenvalue weighted by Crippen LogP contribution is -2.45. The number of aromatic nitrogens is 1. The van der Waals surface area contributed by atoms with E-state index in [1.807, 2.05) is 55.5 Å². The molecule has 3 N–H and O–H groups in total. The molecular weight excluding hydrogens is 326 g/mol. The Balaban J connectivity index is 1.69. The second-order valence-electron chi connectivity index (χ2n) is 6.89. The summed E-state index contributed by atoms with van der Waals surface area (Å²) in [5.74, 6) is -0.727. The summed E-state index contributed by atoms with van der Waals surface area (Å²) >= 11 is 0. The predicted octanol–water partition coefficient (Wildman–Crippen LogP) is 2.71. The van der Waals surface area contributed by atoms with Crippen molar-refractivity contribution in [1.29, 1.82) is 0 Å². The average Bonchev–Trinajstić information content (AvgIpc) is 2.96. The van der Waals surface area contributed by atoms with Gasteiger partial charge in [-0.3, -0.25) is 9.59 Å². The molecule has 2 heterocycles. The fourth-order valence-electron chi connectivity index (χ4n) is 3.83. The number of primary amides is 1. The van der Waals surface area contributed by atoms with Crippen molar-refractivity contribution in [2.45, 2.75) is 19.8 Å². The van der Waals surface area contributed by atoms with E-state index in [0.29, 0.717) is 13.0 Å². The highest BCUT2D eigenvalue weighted by atomic mass is 16.2. The molecule has 0 fully saturated rings. The molecule has 3 aromatic rings. The fourth-order valence-corrected chi connectivity index (χ4v) is 3.83. The van der Waals surface area contributed by atoms with Gasteiger partial charge < -0.3 is 15.6 Å². The van der Waals surface area contributed by atoms with E-state index in [9.17, 15) is 9.59 Å². The number of hydrogen-bond acceptors (Lipinski definition) is 2. The summed E-state index contributed by atoms with van der Waals surface area (Å²) in [5, 5.41) is 1.06. The Morgan fingerprint density at radius 3 is 2.69 bits per heavy atom. The third-order valence-electron chi connectivity index (χ3n) is 5.21. The number of hydrogen-bond donors (Lipinski definition) is 2. The molecule has 1 aliphatic heterocycles. The first kappa shape index (κ1) is 16.4. The SMILES string of the molecule is Cc1[nH]c2ccccc2c1CC(=O)N1CC(C(N)=O)Cc2ccccc21. The molecule has 4 rings (SSSR count). The smallest absolute Gasteiger partial charge is 0.231 e. The number of rotatable bonds is 3. The standard InChI is InChI=1S/C21H21N3O2/c1-13-17(16-7-3-4-8-18(16)23-13)11-20(25)24-12-15(21(22)26)10-14-6-2-5-9-19(14)24/h2-9,15,23H,10-12H2,1H3,(H2,22,26). The van der Waals surface area contributed by atoms with Crippen LogP contribution in [0.3, 0.4) is 0 Å². The number of aromatic amines is 1. The van der Waals surface area contributed by atoms with Crippen LogP contribution in [0.5, 0.6) is 0 Å². The molecule has 0 bridgehead atoms. The first-order chi connectivity index (χ1) is 12.5. The molecule has 0 saturated carbocycles. The number of nitrogens with two attached hydrogens (primary N) is 1. The van der Waals surface area contributed by atoms with E-state index < -0.39 is 0 Å². The van der Waals surface area contributed by atoms with E-state index in [1.165, 1.54) is 0 Å². The van der Waals surface area contributed by atoms with Gasteiger partial charge in [0.15, 0.2) is 0 Å². The molecule has 0 radical (unpaired) electrons. The number of H-pyrrole nitrogens is 1. The van der Waals surface area contributed by atoms with Crippen LogP contribution in [-0.4, -0.2) is 23.3 Å². The van der Waals surface area contributed by atoms with Crippen LogP contribution in [0.15, 0.2) is 48.5 Å². The third-order valence-corrected chi connectivity index (χ3v) is 5.21. The Kier molecular flexibility index (Phi) is 3.99. The topological polar surface area (TPSA) is 79.2 Å². The Morgan fingerprint density at radius 1 is 1.15 bits per heavy atom. The van der Waals surface area contributed by atoms with E-state index in [2.05, 4.69) is 4.98 Å². The highest BCUT2D eigenvalue weighted by molar-refractivity contribution is 5.99. The highest BCUT2D eigenvalue weighted by Gasteiger charge is 2.31. The van der Waals surface area contributed by atoms with Crippen LogP contribution in [0.1, 0.15) is 16.8 Å². The molecule has 132 valence electrons. The lowest BCUT2D eigenvalue weighted by Gasteiger charge is -2.33. The molecule has 5 heteroatoms. The van der Waals surface area contributed by atoms with Gasteiger partial charge in [-0.2, -0.15) is 0 Å².